The van der Waals surface area contributed by atoms with Crippen LogP contribution < -0.4 is 9.83 Å². The average molecular weight is 272 g/mol. The Morgan fingerprint density at radius 1 is 1.39 bits per heavy atom. The summed E-state index contributed by atoms with van der Waals surface area (Å²) in [7, 11) is -1.58. The van der Waals surface area contributed by atoms with Gasteiger partial charge in [-0.15, -0.1) is 0 Å². The first-order chi connectivity index (χ1) is 8.25. The molecule has 0 saturated carbocycles. The van der Waals surface area contributed by atoms with Crippen LogP contribution in [0, 0.1) is 0 Å². The molecule has 0 radical (unpaired) electrons. The van der Waals surface area contributed by atoms with Crippen molar-refractivity contribution >= 4 is 22.0 Å². The molecule has 0 aliphatic heterocycles. The Labute approximate surface area is 103 Å². The predicted molar refractivity (Wildman–Crippen MR) is 58.0 cm³/mol. The Morgan fingerprint density at radius 2 is 2.00 bits per heavy atom. The van der Waals surface area contributed by atoms with Gasteiger partial charge in [0.15, 0.2) is 5.03 Å². The molecule has 9 heteroatoms. The van der Waals surface area contributed by atoms with Gasteiger partial charge in [0.25, 0.3) is 15.9 Å². The summed E-state index contributed by atoms with van der Waals surface area (Å²) < 4.78 is 24.5. The first-order valence-electron chi connectivity index (χ1n) is 4.66. The highest BCUT2D eigenvalue weighted by Gasteiger charge is 2.24. The topological polar surface area (TPSA) is 120 Å². The van der Waals surface area contributed by atoms with Crippen molar-refractivity contribution in [2.75, 3.05) is 14.1 Å². The molecule has 1 aromatic heterocycles. The summed E-state index contributed by atoms with van der Waals surface area (Å²) in [6, 6.07) is 2.61. The quantitative estimate of drug-likeness (QED) is 0.708. The standard InChI is InChI=1S/C9H11N3O5S/c1-12(2)8(13)6-4-3-5-10-7(6)18(16,17)11-9(14)15/h3-5,11H,1-2H3,(H,14,15)/p-1. The molecule has 0 aliphatic carbocycles. The fourth-order valence-corrected chi connectivity index (χ4v) is 2.13. The average Bonchev–Trinajstić information content (AvgIpc) is 2.26. The lowest BCUT2D eigenvalue weighted by atomic mass is 10.2. The molecule has 1 rings (SSSR count). The van der Waals surface area contributed by atoms with Crippen LogP contribution in [0.5, 0.6) is 0 Å². The Kier molecular flexibility index (Phi) is 3.86. The molecule has 0 unspecified atom stereocenters. The number of aromatic nitrogens is 1. The van der Waals surface area contributed by atoms with Crippen molar-refractivity contribution in [3.63, 3.8) is 0 Å². The van der Waals surface area contributed by atoms with Crippen LogP contribution in [0.25, 0.3) is 0 Å². The molecule has 0 aromatic carbocycles. The van der Waals surface area contributed by atoms with Gasteiger partial charge in [-0.3, -0.25) is 9.52 Å². The molecule has 0 fully saturated rings. The second-order valence-electron chi connectivity index (χ2n) is 3.45. The molecule has 2 amide bonds. The smallest absolute Gasteiger partial charge is 0.281 e. The summed E-state index contributed by atoms with van der Waals surface area (Å²) in [5, 5.41) is 9.62. The van der Waals surface area contributed by atoms with E-state index in [1.54, 1.807) is 0 Å². The first-order valence-corrected chi connectivity index (χ1v) is 6.14. The van der Waals surface area contributed by atoms with Gasteiger partial charge in [0.05, 0.1) is 5.56 Å². The lowest BCUT2D eigenvalue weighted by molar-refractivity contribution is -0.248. The molecular formula is C9H10N3O5S-. The Balaban J connectivity index is 3.34. The number of carboxylic acid groups (broad SMARTS) is 1. The summed E-state index contributed by atoms with van der Waals surface area (Å²) in [6.07, 6.45) is -0.861. The summed E-state index contributed by atoms with van der Waals surface area (Å²) in [5.41, 5.74) is -0.226. The van der Waals surface area contributed by atoms with E-state index >= 15 is 0 Å². The molecular weight excluding hydrogens is 262 g/mol. The Bertz CT molecular complexity index is 582. The highest BCUT2D eigenvalue weighted by atomic mass is 32.2. The second kappa shape index (κ2) is 5.00. The first kappa shape index (κ1) is 13.9. The van der Waals surface area contributed by atoms with E-state index in [4.69, 9.17) is 0 Å². The zero-order chi connectivity index (χ0) is 13.9. The number of rotatable bonds is 3. The van der Waals surface area contributed by atoms with Crippen molar-refractivity contribution < 1.29 is 23.1 Å². The highest BCUT2D eigenvalue weighted by Crippen LogP contribution is 2.13. The lowest BCUT2D eigenvalue weighted by Gasteiger charge is -2.14. The zero-order valence-corrected chi connectivity index (χ0v) is 10.4. The number of hydrogen-bond acceptors (Lipinski definition) is 6. The molecule has 98 valence electrons. The van der Waals surface area contributed by atoms with Crippen LogP contribution in [0.3, 0.4) is 0 Å². The summed E-state index contributed by atoms with van der Waals surface area (Å²) in [6.45, 7) is 0. The van der Waals surface area contributed by atoms with Gasteiger partial charge < -0.3 is 14.8 Å². The van der Waals surface area contributed by atoms with Gasteiger partial charge in [0.1, 0.15) is 6.09 Å². The normalized spacial score (nSPS) is 10.8. The van der Waals surface area contributed by atoms with Crippen molar-refractivity contribution in [3.05, 3.63) is 23.9 Å². The van der Waals surface area contributed by atoms with Crippen molar-refractivity contribution in [3.8, 4) is 0 Å². The lowest BCUT2D eigenvalue weighted by Crippen LogP contribution is -2.41. The van der Waals surface area contributed by atoms with E-state index in [0.717, 1.165) is 11.1 Å². The Hall–Kier alpha value is -2.16. The molecule has 1 aromatic rings. The maximum atomic E-state index is 11.7. The van der Waals surface area contributed by atoms with Crippen LogP contribution in [0.1, 0.15) is 10.4 Å². The minimum absolute atomic E-state index is 0.226. The summed E-state index contributed by atoms with van der Waals surface area (Å²) in [5.74, 6) is -0.609. The van der Waals surface area contributed by atoms with Gasteiger partial charge in [-0.05, 0) is 12.1 Å². The van der Waals surface area contributed by atoms with E-state index in [1.807, 2.05) is 0 Å². The Morgan fingerprint density at radius 3 is 2.50 bits per heavy atom. The number of hydrogen-bond donors (Lipinski definition) is 1. The molecule has 1 N–H and O–H groups in total. The third-order valence-electron chi connectivity index (χ3n) is 1.88. The van der Waals surface area contributed by atoms with Crippen LogP contribution >= 0.6 is 0 Å². The number of nitrogens with one attached hydrogen (secondary N) is 1. The molecule has 0 aliphatic rings. The number of nitrogens with zero attached hydrogens (tertiary/aromatic N) is 2. The van der Waals surface area contributed by atoms with Crippen molar-refractivity contribution in [1.29, 1.82) is 0 Å². The third kappa shape index (κ3) is 2.94. The number of amides is 2. The van der Waals surface area contributed by atoms with Crippen molar-refractivity contribution in [2.24, 2.45) is 0 Å². The minimum Gasteiger partial charge on any atom is -0.529 e. The molecule has 0 bridgehead atoms. The van der Waals surface area contributed by atoms with E-state index < -0.39 is 27.0 Å². The van der Waals surface area contributed by atoms with Crippen molar-refractivity contribution in [2.45, 2.75) is 5.03 Å². The van der Waals surface area contributed by atoms with Crippen LogP contribution in [0.2, 0.25) is 0 Å². The van der Waals surface area contributed by atoms with Gasteiger partial charge in [-0.2, -0.15) is 8.42 Å². The maximum Gasteiger partial charge on any atom is 0.281 e. The molecule has 18 heavy (non-hydrogen) atoms. The van der Waals surface area contributed by atoms with Gasteiger partial charge in [-0.1, -0.05) is 0 Å². The molecule has 0 saturated heterocycles. The summed E-state index contributed by atoms with van der Waals surface area (Å²) >= 11 is 0. The fraction of sp³-hybridized carbons (Fsp3) is 0.222. The van der Waals surface area contributed by atoms with Crippen LogP contribution in [-0.2, 0) is 10.0 Å². The number of carbonyl (C=O) groups is 2. The van der Waals surface area contributed by atoms with Crippen LogP contribution in [0.4, 0.5) is 4.79 Å². The molecule has 8 nitrogen and oxygen atoms in total. The van der Waals surface area contributed by atoms with E-state index in [2.05, 4.69) is 4.98 Å². The van der Waals surface area contributed by atoms with Crippen molar-refractivity contribution in [1.82, 2.24) is 14.6 Å². The van der Waals surface area contributed by atoms with Gasteiger partial charge in [-0.25, -0.2) is 4.98 Å². The minimum atomic E-state index is -4.44. The van der Waals surface area contributed by atoms with E-state index in [-0.39, 0.29) is 5.56 Å². The number of sulfonamides is 1. The zero-order valence-electron chi connectivity index (χ0n) is 9.58. The highest BCUT2D eigenvalue weighted by molar-refractivity contribution is 7.90. The molecule has 0 spiro atoms. The SMILES string of the molecule is CN(C)C(=O)c1cccnc1S(=O)(=O)NC(=O)[O-]. The van der Waals surface area contributed by atoms with E-state index in [0.29, 0.717) is 0 Å². The van der Waals surface area contributed by atoms with Gasteiger partial charge in [0, 0.05) is 20.3 Å². The third-order valence-corrected chi connectivity index (χ3v) is 3.15. The maximum absolute atomic E-state index is 11.7. The molecule has 1 heterocycles. The number of carbonyl (C=O) groups excluding carboxylic acids is 2. The second-order valence-corrected chi connectivity index (χ2v) is 5.05. The van der Waals surface area contributed by atoms with E-state index in [1.165, 1.54) is 31.0 Å². The monoisotopic (exact) mass is 272 g/mol. The van der Waals surface area contributed by atoms with E-state index in [9.17, 15) is 23.1 Å². The predicted octanol–water partition coefficient (Wildman–Crippen LogP) is -1.59. The number of pyridine rings is 1. The molecule has 0 atom stereocenters. The van der Waals surface area contributed by atoms with Gasteiger partial charge >= 0.3 is 0 Å². The summed E-state index contributed by atoms with van der Waals surface area (Å²) in [4.78, 5) is 26.7. The van der Waals surface area contributed by atoms with Gasteiger partial charge in [0.2, 0.25) is 0 Å². The fourth-order valence-electron chi connectivity index (χ4n) is 1.17. The largest absolute Gasteiger partial charge is 0.529 e. The van der Waals surface area contributed by atoms with Crippen LogP contribution in [-0.4, -0.2) is 44.4 Å². The van der Waals surface area contributed by atoms with Crippen LogP contribution in [0.15, 0.2) is 23.4 Å².